The minimum atomic E-state index is -1.65. The average molecular weight is 1100 g/mol. The van der Waals surface area contributed by atoms with Crippen LogP contribution in [0.25, 0.3) is 0 Å². The van der Waals surface area contributed by atoms with Gasteiger partial charge in [-0.05, 0) is 86.9 Å². The van der Waals surface area contributed by atoms with Crippen LogP contribution in [0.4, 0.5) is 0 Å². The second-order valence-corrected chi connectivity index (χ2v) is 21.5. The molecule has 1 aliphatic rings. The van der Waals surface area contributed by atoms with Crippen LogP contribution < -0.4 is 65.1 Å². The first-order valence-electron chi connectivity index (χ1n) is 27.5. The van der Waals surface area contributed by atoms with E-state index in [-0.39, 0.29) is 70.0 Å². The van der Waals surface area contributed by atoms with E-state index in [0.29, 0.717) is 18.4 Å². The van der Waals surface area contributed by atoms with Crippen molar-refractivity contribution in [2.75, 3.05) is 26.2 Å². The molecule has 0 aliphatic carbocycles. The smallest absolute Gasteiger partial charge is 0.331 e. The molecular formula is C54H92N12O12. The highest BCUT2D eigenvalue weighted by Crippen LogP contribution is 2.18. The molecule has 9 amide bonds. The molecule has 78 heavy (non-hydrogen) atoms. The van der Waals surface area contributed by atoms with Gasteiger partial charge in [-0.25, -0.2) is 4.79 Å². The maximum atomic E-state index is 14.5. The SMILES string of the molecule is CCC(C)C1CC(=O)NC(CCN)C(=O)NC(C(C)CC)C(=O)NC(CCN)C(=O)NC(Cc2ccccc2)C(=O)NC(CC(C)C)C(=O)NC(CCN)C(=O)NC(C(C)C)C(=O)NC(CC(C)C)C(=O)NC(CO)C(=O)O1. The third kappa shape index (κ3) is 22.6. The lowest BCUT2D eigenvalue weighted by Gasteiger charge is -2.30. The Bertz CT molecular complexity index is 2130. The van der Waals surface area contributed by atoms with E-state index in [0.717, 1.165) is 0 Å². The molecule has 1 aromatic rings. The second kappa shape index (κ2) is 34.6. The molecule has 16 N–H and O–H groups in total. The predicted molar refractivity (Wildman–Crippen MR) is 293 cm³/mol. The van der Waals surface area contributed by atoms with E-state index in [4.69, 9.17) is 21.9 Å². The molecule has 24 heteroatoms. The van der Waals surface area contributed by atoms with Crippen molar-refractivity contribution in [1.29, 1.82) is 0 Å². The van der Waals surface area contributed by atoms with Gasteiger partial charge in [-0.1, -0.05) is 112 Å². The second-order valence-electron chi connectivity index (χ2n) is 21.5. The van der Waals surface area contributed by atoms with Crippen LogP contribution >= 0.6 is 0 Å². The fourth-order valence-corrected chi connectivity index (χ4v) is 8.60. The first-order valence-corrected chi connectivity index (χ1v) is 27.5. The summed E-state index contributed by atoms with van der Waals surface area (Å²) in [6, 6.07) is -3.27. The molecule has 440 valence electrons. The summed E-state index contributed by atoms with van der Waals surface area (Å²) in [6.07, 6.45) is -0.988. The summed E-state index contributed by atoms with van der Waals surface area (Å²) in [5.74, 6) is -10.1. The Kier molecular flexibility index (Phi) is 30.1. The Labute approximate surface area is 459 Å². The molecule has 1 aromatic carbocycles. The van der Waals surface area contributed by atoms with E-state index >= 15 is 0 Å². The number of carbonyl (C=O) groups is 10. The number of aliphatic hydroxyl groups is 1. The first-order chi connectivity index (χ1) is 36.8. The highest BCUT2D eigenvalue weighted by Gasteiger charge is 2.38. The van der Waals surface area contributed by atoms with Gasteiger partial charge in [0.2, 0.25) is 53.2 Å². The van der Waals surface area contributed by atoms with Crippen molar-refractivity contribution in [1.82, 2.24) is 47.9 Å². The van der Waals surface area contributed by atoms with Crippen LogP contribution in [-0.4, -0.2) is 151 Å². The normalized spacial score (nSPS) is 26.6. The number of nitrogens with one attached hydrogen (secondary N) is 9. The molecule has 1 saturated heterocycles. The molecule has 1 fully saturated rings. The number of hydrogen-bond acceptors (Lipinski definition) is 15. The van der Waals surface area contributed by atoms with Crippen LogP contribution in [0.1, 0.15) is 126 Å². The number of cyclic esters (lactones) is 1. The molecule has 0 bridgehead atoms. The zero-order chi connectivity index (χ0) is 58.8. The highest BCUT2D eigenvalue weighted by atomic mass is 16.5. The zero-order valence-corrected chi connectivity index (χ0v) is 47.4. The summed E-state index contributed by atoms with van der Waals surface area (Å²) in [4.78, 5) is 141. The number of ether oxygens (including phenoxy) is 1. The van der Waals surface area contributed by atoms with Crippen molar-refractivity contribution in [2.45, 2.75) is 188 Å². The Hall–Kier alpha value is -6.24. The third-order valence-electron chi connectivity index (χ3n) is 13.6. The van der Waals surface area contributed by atoms with Gasteiger partial charge in [0.05, 0.1) is 13.0 Å². The Morgan fingerprint density at radius 2 is 0.872 bits per heavy atom. The molecule has 0 aromatic heterocycles. The molecule has 1 aliphatic heterocycles. The van der Waals surface area contributed by atoms with Crippen LogP contribution in [0.2, 0.25) is 0 Å². The van der Waals surface area contributed by atoms with Gasteiger partial charge in [0.1, 0.15) is 54.4 Å². The molecule has 2 rings (SSSR count). The number of rotatable bonds is 18. The minimum absolute atomic E-state index is 0.0541. The van der Waals surface area contributed by atoms with Crippen molar-refractivity contribution in [2.24, 2.45) is 46.8 Å². The van der Waals surface area contributed by atoms with E-state index in [9.17, 15) is 53.1 Å². The lowest BCUT2D eigenvalue weighted by atomic mass is 9.96. The van der Waals surface area contributed by atoms with Gasteiger partial charge in [0.15, 0.2) is 6.04 Å². The zero-order valence-electron chi connectivity index (χ0n) is 47.4. The summed E-state index contributed by atoms with van der Waals surface area (Å²) in [7, 11) is 0. The minimum Gasteiger partial charge on any atom is -0.460 e. The fraction of sp³-hybridized carbons (Fsp3) is 0.704. The Morgan fingerprint density at radius 1 is 0.487 bits per heavy atom. The summed E-state index contributed by atoms with van der Waals surface area (Å²) in [5.41, 5.74) is 18.5. The molecule has 0 saturated carbocycles. The lowest BCUT2D eigenvalue weighted by molar-refractivity contribution is -0.158. The number of carbonyl (C=O) groups excluding carboxylic acids is 10. The quantitative estimate of drug-likeness (QED) is 0.0767. The van der Waals surface area contributed by atoms with Gasteiger partial charge in [-0.15, -0.1) is 0 Å². The number of hydrogen-bond donors (Lipinski definition) is 13. The molecule has 24 nitrogen and oxygen atoms in total. The van der Waals surface area contributed by atoms with E-state index < -0.39 is 150 Å². The molecular weight excluding hydrogens is 1010 g/mol. The summed E-state index contributed by atoms with van der Waals surface area (Å²) in [5, 5.41) is 34.5. The van der Waals surface area contributed by atoms with Gasteiger partial charge in [-0.2, -0.15) is 0 Å². The largest absolute Gasteiger partial charge is 0.460 e. The summed E-state index contributed by atoms with van der Waals surface area (Å²) < 4.78 is 5.78. The van der Waals surface area contributed by atoms with Crippen molar-refractivity contribution in [3.63, 3.8) is 0 Å². The van der Waals surface area contributed by atoms with Crippen molar-refractivity contribution in [3.05, 3.63) is 35.9 Å². The molecule has 12 unspecified atom stereocenters. The number of aliphatic hydroxyl groups excluding tert-OH is 1. The van der Waals surface area contributed by atoms with Crippen molar-refractivity contribution < 1.29 is 57.8 Å². The maximum absolute atomic E-state index is 14.5. The van der Waals surface area contributed by atoms with Gasteiger partial charge >= 0.3 is 5.97 Å². The average Bonchev–Trinajstić information content (AvgIpc) is 3.38. The van der Waals surface area contributed by atoms with Crippen LogP contribution in [0.5, 0.6) is 0 Å². The summed E-state index contributed by atoms with van der Waals surface area (Å²) in [6.45, 7) is 16.4. The molecule has 1 heterocycles. The number of benzene rings is 1. The number of nitrogens with two attached hydrogens (primary N) is 3. The van der Waals surface area contributed by atoms with Crippen molar-refractivity contribution >= 4 is 59.1 Å². The van der Waals surface area contributed by atoms with E-state index in [1.165, 1.54) is 0 Å². The lowest BCUT2D eigenvalue weighted by Crippen LogP contribution is -2.61. The van der Waals surface area contributed by atoms with E-state index in [2.05, 4.69) is 47.9 Å². The van der Waals surface area contributed by atoms with Gasteiger partial charge in [0, 0.05) is 6.42 Å². The molecule has 0 spiro atoms. The van der Waals surface area contributed by atoms with Gasteiger partial charge in [-0.3, -0.25) is 43.2 Å². The van der Waals surface area contributed by atoms with Crippen LogP contribution in [0.15, 0.2) is 30.3 Å². The van der Waals surface area contributed by atoms with Gasteiger partial charge < -0.3 is 74.9 Å². The fourth-order valence-electron chi connectivity index (χ4n) is 8.60. The van der Waals surface area contributed by atoms with Crippen LogP contribution in [0, 0.1) is 29.6 Å². The topological polar surface area (TPSA) is 386 Å². The summed E-state index contributed by atoms with van der Waals surface area (Å²) >= 11 is 0. The number of amides is 9. The first kappa shape index (κ1) is 67.9. The number of esters is 1. The standard InChI is InChI=1S/C54H92N12O12/c1-11-32(9)42-27-43(68)58-35(18-21-55)47(70)66-45(33(10)12-2)53(76)60-36(19-22-56)46(69)62-40(26-34-16-14-13-15-17-34)51(74)61-38(24-29(3)4)49(72)59-37(20-23-57)48(71)65-44(31(7)8)52(75)63-39(25-30(5)6)50(73)64-41(28-67)54(77)78-42/h13-17,29-33,35-42,44-45,67H,11-12,18-28,55-57H2,1-10H3,(H,58,68)(H,59,72)(H,60,76)(H,61,74)(H,62,69)(H,63,75)(H,64,73)(H,65,71)(H,66,70). The molecule has 0 radical (unpaired) electrons. The molecule has 12 atom stereocenters. The predicted octanol–water partition coefficient (Wildman–Crippen LogP) is -1.21. The van der Waals surface area contributed by atoms with Crippen molar-refractivity contribution in [3.8, 4) is 0 Å². The third-order valence-corrected chi connectivity index (χ3v) is 13.6. The maximum Gasteiger partial charge on any atom is 0.331 e. The van der Waals surface area contributed by atoms with E-state index in [1.54, 1.807) is 85.7 Å². The van der Waals surface area contributed by atoms with Crippen LogP contribution in [-0.2, 0) is 59.1 Å². The Balaban J connectivity index is 2.82. The van der Waals surface area contributed by atoms with Crippen LogP contribution in [0.3, 0.4) is 0 Å². The monoisotopic (exact) mass is 1100 g/mol. The van der Waals surface area contributed by atoms with E-state index in [1.807, 2.05) is 13.8 Å². The highest BCUT2D eigenvalue weighted by molar-refractivity contribution is 5.98. The van der Waals surface area contributed by atoms with Gasteiger partial charge in [0.25, 0.3) is 0 Å². The Morgan fingerprint density at radius 3 is 1.33 bits per heavy atom.